The van der Waals surface area contributed by atoms with Gasteiger partial charge in [0.1, 0.15) is 0 Å². The minimum absolute atomic E-state index is 0. The third-order valence-electron chi connectivity index (χ3n) is 0. The monoisotopic (exact) mass is 280 g/mol. The van der Waals surface area contributed by atoms with Crippen molar-refractivity contribution in [3.63, 3.8) is 0 Å². The quantitative estimate of drug-likeness (QED) is 0.592. The molecule has 36 valence electrons. The summed E-state index contributed by atoms with van der Waals surface area (Å²) in [5.74, 6) is 0. The molecule has 0 amide bonds. The zero-order valence-corrected chi connectivity index (χ0v) is 8.89. The van der Waals surface area contributed by atoms with Crippen LogP contribution in [0.3, 0.4) is 0 Å². The van der Waals surface area contributed by atoms with Gasteiger partial charge in [-0.1, -0.05) is 27.7 Å². The molecule has 4 radical (unpaired) electrons. The van der Waals surface area contributed by atoms with E-state index in [9.17, 15) is 0 Å². The van der Waals surface area contributed by atoms with Crippen molar-refractivity contribution in [2.45, 2.75) is 27.7 Å². The van der Waals surface area contributed by atoms with Crippen LogP contribution in [0.1, 0.15) is 27.7 Å². The summed E-state index contributed by atoms with van der Waals surface area (Å²) >= 11 is 0. The van der Waals surface area contributed by atoms with Crippen molar-refractivity contribution in [2.24, 2.45) is 5.41 Å². The first-order valence-corrected chi connectivity index (χ1v) is 2.00. The van der Waals surface area contributed by atoms with Crippen molar-refractivity contribution < 1.29 is 0 Å². The van der Waals surface area contributed by atoms with E-state index in [2.05, 4.69) is 27.7 Å². The largest absolute Gasteiger partial charge is 0.0604 e. The normalized spacial score (nSPS) is 10.0. The van der Waals surface area contributed by atoms with Crippen molar-refractivity contribution in [1.29, 1.82) is 0 Å². The van der Waals surface area contributed by atoms with Crippen LogP contribution in [0.5, 0.6) is 0 Å². The average molecular weight is 279 g/mol. The fourth-order valence-electron chi connectivity index (χ4n) is 0. The van der Waals surface area contributed by atoms with Gasteiger partial charge in [0, 0.05) is 27.3 Å². The average Bonchev–Trinajstić information content (AvgIpc) is 0.722. The summed E-state index contributed by atoms with van der Waals surface area (Å²) in [5, 5.41) is 0. The van der Waals surface area contributed by atoms with E-state index in [0.717, 1.165) is 0 Å². The van der Waals surface area contributed by atoms with E-state index < -0.39 is 0 Å². The van der Waals surface area contributed by atoms with Gasteiger partial charge in [-0.3, -0.25) is 0 Å². The van der Waals surface area contributed by atoms with Gasteiger partial charge in [-0.2, -0.15) is 0 Å². The number of hydrogen-bond donors (Lipinski definition) is 0. The van der Waals surface area contributed by atoms with Crippen LogP contribution in [-0.2, 0) is 0 Å². The molecule has 0 aliphatic carbocycles. The summed E-state index contributed by atoms with van der Waals surface area (Å²) in [4.78, 5) is 0. The molecule has 0 rings (SSSR count). The molecule has 0 unspecified atom stereocenters. The molecular formula is C5H12Pb. The molecule has 0 atom stereocenters. The summed E-state index contributed by atoms with van der Waals surface area (Å²) in [6, 6.07) is 0. The molecule has 1 heteroatoms. The van der Waals surface area contributed by atoms with Crippen LogP contribution in [0.25, 0.3) is 0 Å². The van der Waals surface area contributed by atoms with Crippen molar-refractivity contribution >= 4 is 27.3 Å². The molecule has 6 heavy (non-hydrogen) atoms. The van der Waals surface area contributed by atoms with Crippen LogP contribution in [0.15, 0.2) is 0 Å². The molecule has 0 aromatic rings. The third-order valence-corrected chi connectivity index (χ3v) is 0. The fourth-order valence-corrected chi connectivity index (χ4v) is 0. The van der Waals surface area contributed by atoms with Crippen molar-refractivity contribution in [3.8, 4) is 0 Å². The summed E-state index contributed by atoms with van der Waals surface area (Å²) in [6.45, 7) is 8.75. The van der Waals surface area contributed by atoms with Gasteiger partial charge in [-0.25, -0.2) is 0 Å². The Labute approximate surface area is 60.5 Å². The van der Waals surface area contributed by atoms with Crippen LogP contribution >= 0.6 is 0 Å². The fraction of sp³-hybridized carbons (Fsp3) is 1.00. The van der Waals surface area contributed by atoms with Gasteiger partial charge in [0.2, 0.25) is 0 Å². The summed E-state index contributed by atoms with van der Waals surface area (Å²) in [6.07, 6.45) is 0. The SMILES string of the molecule is CC(C)(C)C.[Pb]. The van der Waals surface area contributed by atoms with Gasteiger partial charge in [0.25, 0.3) is 0 Å². The first-order chi connectivity index (χ1) is 2.00. The Morgan fingerprint density at radius 3 is 0.833 bits per heavy atom. The molecule has 0 aromatic heterocycles. The topological polar surface area (TPSA) is 0 Å². The smallest absolute Gasteiger partial charge is 0 e. The minimum Gasteiger partial charge on any atom is -0.0604 e. The number of rotatable bonds is 0. The van der Waals surface area contributed by atoms with Gasteiger partial charge in [0.05, 0.1) is 0 Å². The Hall–Kier alpha value is 0.922. The minimum atomic E-state index is 0. The molecule has 0 aromatic carbocycles. The van der Waals surface area contributed by atoms with Gasteiger partial charge < -0.3 is 0 Å². The third kappa shape index (κ3) is 89.1. The van der Waals surface area contributed by atoms with Gasteiger partial charge in [-0.15, -0.1) is 0 Å². The second-order valence-electron chi connectivity index (χ2n) is 3.00. The molecule has 0 N–H and O–H groups in total. The van der Waals surface area contributed by atoms with E-state index in [1.54, 1.807) is 0 Å². The van der Waals surface area contributed by atoms with Gasteiger partial charge in [-0.05, 0) is 5.41 Å². The molecule has 0 heterocycles. The van der Waals surface area contributed by atoms with Gasteiger partial charge in [0.15, 0.2) is 0 Å². The predicted octanol–water partition coefficient (Wildman–Crippen LogP) is 1.67. The van der Waals surface area contributed by atoms with Crippen molar-refractivity contribution in [3.05, 3.63) is 0 Å². The summed E-state index contributed by atoms with van der Waals surface area (Å²) in [7, 11) is 0. The first kappa shape index (κ1) is 10.0. The van der Waals surface area contributed by atoms with Crippen LogP contribution in [0.4, 0.5) is 0 Å². The Balaban J connectivity index is 0. The maximum Gasteiger partial charge on any atom is 0 e. The maximum absolute atomic E-state index is 2.19. The maximum atomic E-state index is 2.19. The van der Waals surface area contributed by atoms with Crippen molar-refractivity contribution in [2.75, 3.05) is 0 Å². The molecular weight excluding hydrogens is 267 g/mol. The summed E-state index contributed by atoms with van der Waals surface area (Å²) in [5.41, 5.74) is 0.500. The molecule has 0 saturated heterocycles. The molecule has 0 fully saturated rings. The van der Waals surface area contributed by atoms with E-state index in [1.807, 2.05) is 0 Å². The van der Waals surface area contributed by atoms with Crippen LogP contribution < -0.4 is 0 Å². The standard InChI is InChI=1S/C5H12.Pb/c1-5(2,3)4;/h1-4H3;. The Bertz CT molecular complexity index is 19.4. The molecule has 0 spiro atoms. The zero-order valence-electron chi connectivity index (χ0n) is 5.00. The Kier molecular flexibility index (Phi) is 5.00. The van der Waals surface area contributed by atoms with Crippen molar-refractivity contribution in [1.82, 2.24) is 0 Å². The van der Waals surface area contributed by atoms with Gasteiger partial charge >= 0.3 is 0 Å². The molecule has 0 nitrogen and oxygen atoms in total. The summed E-state index contributed by atoms with van der Waals surface area (Å²) < 4.78 is 0. The van der Waals surface area contributed by atoms with E-state index in [4.69, 9.17) is 0 Å². The van der Waals surface area contributed by atoms with E-state index in [-0.39, 0.29) is 27.3 Å². The molecule has 0 aliphatic rings. The van der Waals surface area contributed by atoms with E-state index in [1.165, 1.54) is 0 Å². The van der Waals surface area contributed by atoms with Crippen LogP contribution in [0, 0.1) is 5.41 Å². The first-order valence-electron chi connectivity index (χ1n) is 2.00. The van der Waals surface area contributed by atoms with Crippen LogP contribution in [0.2, 0.25) is 0 Å². The molecule has 0 bridgehead atoms. The zero-order chi connectivity index (χ0) is 4.50. The Morgan fingerprint density at radius 1 is 0.833 bits per heavy atom. The second kappa shape index (κ2) is 2.99. The van der Waals surface area contributed by atoms with Crippen LogP contribution in [-0.4, -0.2) is 27.3 Å². The number of hydrogen-bond acceptors (Lipinski definition) is 0. The molecule has 0 aliphatic heterocycles. The second-order valence-corrected chi connectivity index (χ2v) is 3.00. The predicted molar refractivity (Wildman–Crippen MR) is 30.9 cm³/mol. The Morgan fingerprint density at radius 2 is 0.833 bits per heavy atom. The molecule has 0 saturated carbocycles. The van der Waals surface area contributed by atoms with E-state index in [0.29, 0.717) is 5.41 Å². The van der Waals surface area contributed by atoms with E-state index >= 15 is 0 Å².